The van der Waals surface area contributed by atoms with Gasteiger partial charge < -0.3 is 10.6 Å². The molecule has 0 unspecified atom stereocenters. The van der Waals surface area contributed by atoms with Gasteiger partial charge in [0.1, 0.15) is 11.6 Å². The SMILES string of the molecule is CCN(c1cccc(F)c1)c1nc(N)ccc1[N+](=O)[O-]. The van der Waals surface area contributed by atoms with Crippen LogP contribution in [0.15, 0.2) is 36.4 Å². The Labute approximate surface area is 114 Å². The first-order chi connectivity index (χ1) is 9.52. The third-order valence-electron chi connectivity index (χ3n) is 2.76. The summed E-state index contributed by atoms with van der Waals surface area (Å²) in [5, 5.41) is 11.1. The molecule has 6 nitrogen and oxygen atoms in total. The molecular weight excluding hydrogens is 263 g/mol. The molecule has 0 bridgehead atoms. The van der Waals surface area contributed by atoms with E-state index in [0.717, 1.165) is 0 Å². The molecule has 20 heavy (non-hydrogen) atoms. The van der Waals surface area contributed by atoms with Crippen LogP contribution in [0.4, 0.5) is 27.4 Å². The van der Waals surface area contributed by atoms with Crippen molar-refractivity contribution in [3.63, 3.8) is 0 Å². The summed E-state index contributed by atoms with van der Waals surface area (Å²) in [6.45, 7) is 2.18. The molecule has 0 atom stereocenters. The molecule has 2 N–H and O–H groups in total. The number of pyridine rings is 1. The predicted molar refractivity (Wildman–Crippen MR) is 74.4 cm³/mol. The number of nitro groups is 1. The molecule has 1 heterocycles. The monoisotopic (exact) mass is 276 g/mol. The van der Waals surface area contributed by atoms with Crippen LogP contribution in [0.25, 0.3) is 0 Å². The lowest BCUT2D eigenvalue weighted by atomic mass is 10.2. The molecule has 2 rings (SSSR count). The summed E-state index contributed by atoms with van der Waals surface area (Å²) in [6.07, 6.45) is 0. The average molecular weight is 276 g/mol. The molecule has 7 heteroatoms. The maximum atomic E-state index is 13.3. The van der Waals surface area contributed by atoms with E-state index in [1.807, 2.05) is 0 Å². The normalized spacial score (nSPS) is 10.3. The summed E-state index contributed by atoms with van der Waals surface area (Å²) in [4.78, 5) is 16.1. The van der Waals surface area contributed by atoms with E-state index in [-0.39, 0.29) is 17.3 Å². The van der Waals surface area contributed by atoms with Crippen molar-refractivity contribution < 1.29 is 9.31 Å². The number of aromatic nitrogens is 1. The molecule has 0 fully saturated rings. The van der Waals surface area contributed by atoms with Crippen molar-refractivity contribution in [1.82, 2.24) is 4.98 Å². The first-order valence-corrected chi connectivity index (χ1v) is 5.97. The van der Waals surface area contributed by atoms with Crippen LogP contribution in [-0.2, 0) is 0 Å². The smallest absolute Gasteiger partial charge is 0.312 e. The van der Waals surface area contributed by atoms with Crippen LogP contribution in [0, 0.1) is 15.9 Å². The molecule has 0 saturated carbocycles. The zero-order valence-electron chi connectivity index (χ0n) is 10.8. The van der Waals surface area contributed by atoms with Crippen molar-refractivity contribution in [2.75, 3.05) is 17.2 Å². The first kappa shape index (κ1) is 13.7. The van der Waals surface area contributed by atoms with Gasteiger partial charge >= 0.3 is 5.69 Å². The van der Waals surface area contributed by atoms with E-state index in [4.69, 9.17) is 5.73 Å². The summed E-state index contributed by atoms with van der Waals surface area (Å²) >= 11 is 0. The van der Waals surface area contributed by atoms with Gasteiger partial charge in [0.2, 0.25) is 5.82 Å². The molecule has 0 aliphatic heterocycles. The van der Waals surface area contributed by atoms with E-state index in [0.29, 0.717) is 12.2 Å². The van der Waals surface area contributed by atoms with Gasteiger partial charge in [0.15, 0.2) is 0 Å². The Bertz CT molecular complexity index is 648. The Morgan fingerprint density at radius 3 is 2.75 bits per heavy atom. The predicted octanol–water partition coefficient (Wildman–Crippen LogP) is 2.87. The van der Waals surface area contributed by atoms with E-state index >= 15 is 0 Å². The summed E-state index contributed by atoms with van der Waals surface area (Å²) in [5.74, 6) is -0.156. The molecule has 0 saturated heterocycles. The summed E-state index contributed by atoms with van der Waals surface area (Å²) in [5.41, 5.74) is 5.90. The number of benzene rings is 1. The lowest BCUT2D eigenvalue weighted by Gasteiger charge is -2.22. The number of rotatable bonds is 4. The second-order valence-corrected chi connectivity index (χ2v) is 4.06. The molecule has 0 radical (unpaired) electrons. The second-order valence-electron chi connectivity index (χ2n) is 4.06. The molecule has 104 valence electrons. The van der Waals surface area contributed by atoms with Gasteiger partial charge in [-0.25, -0.2) is 9.37 Å². The van der Waals surface area contributed by atoms with Crippen LogP contribution >= 0.6 is 0 Å². The van der Waals surface area contributed by atoms with Crippen LogP contribution in [0.3, 0.4) is 0 Å². The minimum absolute atomic E-state index is 0.100. The fraction of sp³-hybridized carbons (Fsp3) is 0.154. The highest BCUT2D eigenvalue weighted by Crippen LogP contribution is 2.32. The summed E-state index contributed by atoms with van der Waals surface area (Å²) in [7, 11) is 0. The highest BCUT2D eigenvalue weighted by molar-refractivity contribution is 5.69. The molecule has 1 aromatic heterocycles. The number of hydrogen-bond acceptors (Lipinski definition) is 5. The lowest BCUT2D eigenvalue weighted by Crippen LogP contribution is -2.19. The van der Waals surface area contributed by atoms with Crippen LogP contribution in [0.1, 0.15) is 6.92 Å². The topological polar surface area (TPSA) is 85.3 Å². The van der Waals surface area contributed by atoms with Gasteiger partial charge in [-0.15, -0.1) is 0 Å². The van der Waals surface area contributed by atoms with Gasteiger partial charge in [-0.3, -0.25) is 10.1 Å². The maximum absolute atomic E-state index is 13.3. The quantitative estimate of drug-likeness (QED) is 0.685. The van der Waals surface area contributed by atoms with Crippen molar-refractivity contribution in [2.24, 2.45) is 0 Å². The average Bonchev–Trinajstić information content (AvgIpc) is 2.39. The molecule has 0 aliphatic carbocycles. The Morgan fingerprint density at radius 2 is 2.15 bits per heavy atom. The molecule has 1 aromatic carbocycles. The number of hydrogen-bond donors (Lipinski definition) is 1. The Balaban J connectivity index is 2.57. The van der Waals surface area contributed by atoms with E-state index < -0.39 is 10.7 Å². The number of anilines is 3. The molecular formula is C13H13FN4O2. The van der Waals surface area contributed by atoms with Crippen LogP contribution in [0.2, 0.25) is 0 Å². The van der Waals surface area contributed by atoms with E-state index in [1.54, 1.807) is 13.0 Å². The van der Waals surface area contributed by atoms with Crippen molar-refractivity contribution in [2.45, 2.75) is 6.92 Å². The zero-order valence-corrected chi connectivity index (χ0v) is 10.8. The fourth-order valence-electron chi connectivity index (χ4n) is 1.90. The van der Waals surface area contributed by atoms with Crippen molar-refractivity contribution in [3.05, 3.63) is 52.3 Å². The number of nitrogen functional groups attached to an aromatic ring is 1. The molecule has 0 spiro atoms. The van der Waals surface area contributed by atoms with Crippen LogP contribution < -0.4 is 10.6 Å². The van der Waals surface area contributed by atoms with Gasteiger partial charge in [-0.05, 0) is 31.2 Å². The van der Waals surface area contributed by atoms with Crippen molar-refractivity contribution in [1.29, 1.82) is 0 Å². The fourth-order valence-corrected chi connectivity index (χ4v) is 1.90. The van der Waals surface area contributed by atoms with Crippen molar-refractivity contribution >= 4 is 23.0 Å². The first-order valence-electron chi connectivity index (χ1n) is 5.97. The summed E-state index contributed by atoms with van der Waals surface area (Å²) < 4.78 is 13.3. The Kier molecular flexibility index (Phi) is 3.79. The third-order valence-corrected chi connectivity index (χ3v) is 2.76. The Morgan fingerprint density at radius 1 is 1.40 bits per heavy atom. The minimum Gasteiger partial charge on any atom is -0.384 e. The molecule has 0 amide bonds. The largest absolute Gasteiger partial charge is 0.384 e. The van der Waals surface area contributed by atoms with Crippen LogP contribution in [-0.4, -0.2) is 16.5 Å². The number of halogens is 1. The van der Waals surface area contributed by atoms with E-state index in [9.17, 15) is 14.5 Å². The van der Waals surface area contributed by atoms with E-state index in [1.165, 1.54) is 35.2 Å². The van der Waals surface area contributed by atoms with Gasteiger partial charge in [-0.1, -0.05) is 6.07 Å². The third kappa shape index (κ3) is 2.66. The van der Waals surface area contributed by atoms with E-state index in [2.05, 4.69) is 4.98 Å². The highest BCUT2D eigenvalue weighted by atomic mass is 19.1. The second kappa shape index (κ2) is 5.52. The Hall–Kier alpha value is -2.70. The lowest BCUT2D eigenvalue weighted by molar-refractivity contribution is -0.384. The van der Waals surface area contributed by atoms with Crippen LogP contribution in [0.5, 0.6) is 0 Å². The minimum atomic E-state index is -0.538. The van der Waals surface area contributed by atoms with Gasteiger partial charge in [0.25, 0.3) is 0 Å². The number of nitrogens with two attached hydrogens (primary N) is 1. The maximum Gasteiger partial charge on any atom is 0.312 e. The van der Waals surface area contributed by atoms with Gasteiger partial charge in [0, 0.05) is 18.3 Å². The molecule has 2 aromatic rings. The number of nitrogens with zero attached hydrogens (tertiary/aromatic N) is 3. The standard InChI is InChI=1S/C13H13FN4O2/c1-2-17(10-5-3-4-9(14)8-10)13-11(18(19)20)6-7-12(15)16-13/h3-8H,2H2,1H3,(H2,15,16). The zero-order chi connectivity index (χ0) is 14.7. The van der Waals surface area contributed by atoms with Crippen molar-refractivity contribution in [3.8, 4) is 0 Å². The van der Waals surface area contributed by atoms with Gasteiger partial charge in [0.05, 0.1) is 4.92 Å². The highest BCUT2D eigenvalue weighted by Gasteiger charge is 2.22. The summed E-state index contributed by atoms with van der Waals surface area (Å²) in [6, 6.07) is 8.43. The molecule has 0 aliphatic rings. The van der Waals surface area contributed by atoms with Gasteiger partial charge in [-0.2, -0.15) is 0 Å².